The molecule has 0 radical (unpaired) electrons. The van der Waals surface area contributed by atoms with Crippen LogP contribution in [0.5, 0.6) is 5.75 Å². The quantitative estimate of drug-likeness (QED) is 0.799. The number of aromatic amines is 1. The number of methoxy groups -OCH3 is 1. The first kappa shape index (κ1) is 10.4. The third-order valence-corrected chi connectivity index (χ3v) is 2.31. The first-order chi connectivity index (χ1) is 7.63. The molecule has 0 spiro atoms. The van der Waals surface area contributed by atoms with Gasteiger partial charge in [0.2, 0.25) is 5.75 Å². The Labute approximate surface area is 91.9 Å². The number of hydrogen-bond acceptors (Lipinski definition) is 4. The monoisotopic (exact) mass is 220 g/mol. The molecule has 0 atom stereocenters. The van der Waals surface area contributed by atoms with Crippen molar-refractivity contribution < 1.29 is 4.74 Å². The maximum Gasteiger partial charge on any atom is 0.293 e. The van der Waals surface area contributed by atoms with E-state index in [1.165, 1.54) is 7.11 Å². The second-order valence-electron chi connectivity index (χ2n) is 3.42. The van der Waals surface area contributed by atoms with Crippen LogP contribution in [0.1, 0.15) is 5.69 Å². The summed E-state index contributed by atoms with van der Waals surface area (Å²) in [7, 11) is 3.28. The number of imidazole rings is 1. The summed E-state index contributed by atoms with van der Waals surface area (Å²) in [4.78, 5) is 22.5. The van der Waals surface area contributed by atoms with Crippen molar-refractivity contribution in [1.29, 1.82) is 0 Å². The van der Waals surface area contributed by atoms with Crippen molar-refractivity contribution in [3.8, 4) is 17.3 Å². The molecule has 0 aromatic carbocycles. The molecule has 0 amide bonds. The van der Waals surface area contributed by atoms with E-state index >= 15 is 0 Å². The van der Waals surface area contributed by atoms with Crippen LogP contribution in [0, 0.1) is 6.92 Å². The van der Waals surface area contributed by atoms with Crippen LogP contribution in [0.25, 0.3) is 11.5 Å². The zero-order valence-corrected chi connectivity index (χ0v) is 9.31. The molecule has 16 heavy (non-hydrogen) atoms. The molecule has 0 aliphatic carbocycles. The second-order valence-corrected chi connectivity index (χ2v) is 3.42. The molecule has 2 aromatic heterocycles. The molecular weight excluding hydrogens is 208 g/mol. The second kappa shape index (κ2) is 3.80. The maximum absolute atomic E-state index is 11.6. The number of nitrogens with one attached hydrogen (secondary N) is 1. The van der Waals surface area contributed by atoms with Gasteiger partial charge >= 0.3 is 0 Å². The van der Waals surface area contributed by atoms with E-state index in [0.717, 1.165) is 5.69 Å². The standard InChI is InChI=1S/C10H12N4O2/c1-6-8(16-3)10(15)13-9(12-6)7-4-11-5-14(7)2/h4-5H,1-3H3,(H,12,13,15). The molecule has 1 N–H and O–H groups in total. The lowest BCUT2D eigenvalue weighted by Gasteiger charge is -2.05. The number of nitrogens with zero attached hydrogens (tertiary/aromatic N) is 3. The van der Waals surface area contributed by atoms with Crippen LogP contribution in [0.4, 0.5) is 0 Å². The number of rotatable bonds is 2. The molecule has 0 saturated heterocycles. The van der Waals surface area contributed by atoms with E-state index < -0.39 is 0 Å². The molecule has 0 saturated carbocycles. The van der Waals surface area contributed by atoms with Gasteiger partial charge in [-0.3, -0.25) is 4.79 Å². The highest BCUT2D eigenvalue weighted by Gasteiger charge is 2.11. The third-order valence-electron chi connectivity index (χ3n) is 2.31. The first-order valence-corrected chi connectivity index (χ1v) is 4.75. The maximum atomic E-state index is 11.6. The molecule has 2 heterocycles. The minimum Gasteiger partial charge on any atom is -0.490 e. The van der Waals surface area contributed by atoms with Gasteiger partial charge in [0.15, 0.2) is 5.82 Å². The van der Waals surface area contributed by atoms with Crippen molar-refractivity contribution in [2.45, 2.75) is 6.92 Å². The Kier molecular flexibility index (Phi) is 2.47. The predicted octanol–water partition coefficient (Wildman–Crippen LogP) is 0.487. The Morgan fingerprint density at radius 2 is 2.25 bits per heavy atom. The molecule has 84 valence electrons. The van der Waals surface area contributed by atoms with Gasteiger partial charge in [0.05, 0.1) is 25.3 Å². The Balaban J connectivity index is 2.61. The van der Waals surface area contributed by atoms with Gasteiger partial charge in [-0.2, -0.15) is 0 Å². The SMILES string of the molecule is COc1c(C)nc(-c2cncn2C)[nH]c1=O. The van der Waals surface area contributed by atoms with E-state index in [0.29, 0.717) is 11.5 Å². The van der Waals surface area contributed by atoms with Gasteiger partial charge in [0, 0.05) is 7.05 Å². The van der Waals surface area contributed by atoms with Crippen LogP contribution in [0.2, 0.25) is 0 Å². The minimum absolute atomic E-state index is 0.242. The van der Waals surface area contributed by atoms with Crippen molar-refractivity contribution in [2.24, 2.45) is 7.05 Å². The van der Waals surface area contributed by atoms with E-state index in [2.05, 4.69) is 15.0 Å². The summed E-state index contributed by atoms with van der Waals surface area (Å²) in [5.74, 6) is 0.731. The Bertz CT molecular complexity index is 570. The molecule has 6 heteroatoms. The molecule has 0 aliphatic rings. The van der Waals surface area contributed by atoms with Crippen molar-refractivity contribution in [1.82, 2.24) is 19.5 Å². The highest BCUT2D eigenvalue weighted by molar-refractivity contribution is 5.49. The number of ether oxygens (including phenoxy) is 1. The number of H-pyrrole nitrogens is 1. The number of hydrogen-bond donors (Lipinski definition) is 1. The fourth-order valence-corrected chi connectivity index (χ4v) is 1.52. The van der Waals surface area contributed by atoms with Crippen LogP contribution in [-0.2, 0) is 7.05 Å². The number of aromatic nitrogens is 4. The van der Waals surface area contributed by atoms with Crippen LogP contribution < -0.4 is 10.3 Å². The van der Waals surface area contributed by atoms with Gasteiger partial charge in [0.25, 0.3) is 5.56 Å². The van der Waals surface area contributed by atoms with Crippen LogP contribution in [-0.4, -0.2) is 26.6 Å². The van der Waals surface area contributed by atoms with E-state index in [1.807, 2.05) is 7.05 Å². The zero-order chi connectivity index (χ0) is 11.7. The summed E-state index contributed by atoms with van der Waals surface area (Å²) in [5, 5.41) is 0. The summed E-state index contributed by atoms with van der Waals surface area (Å²) < 4.78 is 6.73. The fourth-order valence-electron chi connectivity index (χ4n) is 1.52. The predicted molar refractivity (Wildman–Crippen MR) is 58.3 cm³/mol. The fraction of sp³-hybridized carbons (Fsp3) is 0.300. The molecule has 2 rings (SSSR count). The average molecular weight is 220 g/mol. The van der Waals surface area contributed by atoms with Crippen LogP contribution in [0.3, 0.4) is 0 Å². The van der Waals surface area contributed by atoms with E-state index in [9.17, 15) is 4.79 Å². The summed E-state index contributed by atoms with van der Waals surface area (Å²) in [6.45, 7) is 1.73. The lowest BCUT2D eigenvalue weighted by Crippen LogP contribution is -2.14. The largest absolute Gasteiger partial charge is 0.490 e. The summed E-state index contributed by atoms with van der Waals surface area (Å²) >= 11 is 0. The van der Waals surface area contributed by atoms with Crippen molar-refractivity contribution in [3.63, 3.8) is 0 Å². The van der Waals surface area contributed by atoms with Crippen LogP contribution >= 0.6 is 0 Å². The third kappa shape index (κ3) is 1.58. The van der Waals surface area contributed by atoms with Gasteiger partial charge < -0.3 is 14.3 Å². The van der Waals surface area contributed by atoms with Gasteiger partial charge in [-0.15, -0.1) is 0 Å². The molecule has 0 fully saturated rings. The highest BCUT2D eigenvalue weighted by Crippen LogP contribution is 2.15. The van der Waals surface area contributed by atoms with Crippen molar-refractivity contribution >= 4 is 0 Å². The Morgan fingerprint density at radius 3 is 2.75 bits per heavy atom. The summed E-state index contributed by atoms with van der Waals surface area (Å²) in [6, 6.07) is 0. The van der Waals surface area contributed by atoms with Gasteiger partial charge in [-0.25, -0.2) is 9.97 Å². The van der Waals surface area contributed by atoms with Gasteiger partial charge in [0.1, 0.15) is 5.69 Å². The lowest BCUT2D eigenvalue weighted by molar-refractivity contribution is 0.402. The van der Waals surface area contributed by atoms with Crippen molar-refractivity contribution in [3.05, 3.63) is 28.6 Å². The minimum atomic E-state index is -0.286. The summed E-state index contributed by atoms with van der Waals surface area (Å²) in [5.41, 5.74) is 1.02. The van der Waals surface area contributed by atoms with Crippen molar-refractivity contribution in [2.75, 3.05) is 7.11 Å². The average Bonchev–Trinajstić information content (AvgIpc) is 2.64. The molecule has 6 nitrogen and oxygen atoms in total. The van der Waals surface area contributed by atoms with E-state index in [-0.39, 0.29) is 11.3 Å². The molecule has 2 aromatic rings. The normalized spacial score (nSPS) is 10.4. The Hall–Kier alpha value is -2.11. The van der Waals surface area contributed by atoms with Gasteiger partial charge in [-0.1, -0.05) is 0 Å². The van der Waals surface area contributed by atoms with E-state index in [4.69, 9.17) is 4.74 Å². The topological polar surface area (TPSA) is 72.8 Å². The molecule has 0 bridgehead atoms. The smallest absolute Gasteiger partial charge is 0.293 e. The first-order valence-electron chi connectivity index (χ1n) is 4.75. The lowest BCUT2D eigenvalue weighted by atomic mass is 10.3. The van der Waals surface area contributed by atoms with Gasteiger partial charge in [-0.05, 0) is 6.92 Å². The molecule has 0 aliphatic heterocycles. The highest BCUT2D eigenvalue weighted by atomic mass is 16.5. The van der Waals surface area contributed by atoms with E-state index in [1.54, 1.807) is 24.0 Å². The van der Waals surface area contributed by atoms with Crippen LogP contribution in [0.15, 0.2) is 17.3 Å². The Morgan fingerprint density at radius 1 is 1.50 bits per heavy atom. The number of aryl methyl sites for hydroxylation is 2. The summed E-state index contributed by atoms with van der Waals surface area (Å²) in [6.07, 6.45) is 3.29. The molecular formula is C10H12N4O2. The molecule has 0 unspecified atom stereocenters. The zero-order valence-electron chi connectivity index (χ0n) is 9.31.